The van der Waals surface area contributed by atoms with Crippen LogP contribution >= 0.6 is 0 Å². The molecule has 0 bridgehead atoms. The van der Waals surface area contributed by atoms with Crippen LogP contribution in [0.15, 0.2) is 59.8 Å². The largest absolute Gasteiger partial charge is 0.329 e. The molecular formula is C23H20N4O2. The van der Waals surface area contributed by atoms with E-state index in [4.69, 9.17) is 4.98 Å². The molecule has 1 aliphatic carbocycles. The molecule has 1 spiro atoms. The van der Waals surface area contributed by atoms with Crippen LogP contribution < -0.4 is 10.6 Å². The molecule has 0 saturated heterocycles. The van der Waals surface area contributed by atoms with Crippen LogP contribution in [0.5, 0.6) is 0 Å². The molecule has 6 rings (SSSR count). The number of benzene rings is 2. The van der Waals surface area contributed by atoms with Gasteiger partial charge in [-0.25, -0.2) is 4.98 Å². The number of allylic oxidation sites excluding steroid dienone is 1. The quantitative estimate of drug-likeness (QED) is 0.618. The third kappa shape index (κ3) is 1.93. The van der Waals surface area contributed by atoms with Crippen LogP contribution in [0.2, 0.25) is 0 Å². The lowest BCUT2D eigenvalue weighted by molar-refractivity contribution is -0.125. The number of imidazole rings is 1. The molecule has 2 aliphatic heterocycles. The second-order valence-corrected chi connectivity index (χ2v) is 8.89. The molecule has 2 N–H and O–H groups in total. The summed E-state index contributed by atoms with van der Waals surface area (Å²) in [6.45, 7) is 4.17. The number of amides is 1. The van der Waals surface area contributed by atoms with Gasteiger partial charge in [0, 0.05) is 23.4 Å². The maximum atomic E-state index is 13.7. The summed E-state index contributed by atoms with van der Waals surface area (Å²) in [6.07, 6.45) is 1.10. The van der Waals surface area contributed by atoms with E-state index in [1.54, 1.807) is 0 Å². The minimum absolute atomic E-state index is 0.0130. The number of ketones is 1. The van der Waals surface area contributed by atoms with Gasteiger partial charge >= 0.3 is 0 Å². The number of hydrogen-bond acceptors (Lipinski definition) is 4. The Morgan fingerprint density at radius 3 is 2.59 bits per heavy atom. The first-order valence-electron chi connectivity index (χ1n) is 9.85. The van der Waals surface area contributed by atoms with Gasteiger partial charge in [0.05, 0.1) is 16.6 Å². The van der Waals surface area contributed by atoms with E-state index < -0.39 is 5.54 Å². The molecule has 0 fully saturated rings. The molecule has 0 radical (unpaired) electrons. The molecule has 29 heavy (non-hydrogen) atoms. The zero-order valence-corrected chi connectivity index (χ0v) is 16.2. The van der Waals surface area contributed by atoms with E-state index in [1.807, 2.05) is 53.1 Å². The number of anilines is 2. The monoisotopic (exact) mass is 384 g/mol. The van der Waals surface area contributed by atoms with Crippen LogP contribution in [0.25, 0.3) is 11.0 Å². The average Bonchev–Trinajstić information content (AvgIpc) is 3.16. The normalized spacial score (nSPS) is 24.2. The maximum absolute atomic E-state index is 13.7. The van der Waals surface area contributed by atoms with E-state index in [0.29, 0.717) is 24.4 Å². The second-order valence-electron chi connectivity index (χ2n) is 8.89. The molecule has 0 unspecified atom stereocenters. The Kier molecular flexibility index (Phi) is 2.93. The molecule has 6 heteroatoms. The second kappa shape index (κ2) is 5.14. The van der Waals surface area contributed by atoms with Crippen LogP contribution in [0.1, 0.15) is 32.3 Å². The lowest BCUT2D eigenvalue weighted by atomic mass is 9.68. The van der Waals surface area contributed by atoms with E-state index in [1.165, 1.54) is 0 Å². The van der Waals surface area contributed by atoms with Crippen molar-refractivity contribution >= 4 is 34.4 Å². The molecule has 1 atom stereocenters. The Bertz CT molecular complexity index is 1280. The summed E-state index contributed by atoms with van der Waals surface area (Å²) < 4.78 is 1.92. The van der Waals surface area contributed by atoms with Crippen molar-refractivity contribution in [1.29, 1.82) is 0 Å². The third-order valence-corrected chi connectivity index (χ3v) is 6.29. The standard InChI is InChI=1S/C23H20N4O2/c1-22(2)11-16-19(18(28)12-22)23(13-7-3-4-8-14(13)24-20(23)29)27-17-10-6-5-9-15(17)25-21(27)26-16/h3-10H,11-12H2,1-2H3,(H,24,29)(H,25,26)/t23-/m0/s1. The average molecular weight is 384 g/mol. The zero-order valence-electron chi connectivity index (χ0n) is 16.2. The molecule has 3 aromatic rings. The molecular weight excluding hydrogens is 364 g/mol. The van der Waals surface area contributed by atoms with Gasteiger partial charge in [0.25, 0.3) is 5.91 Å². The number of carbonyl (C=O) groups excluding carboxylic acids is 2. The molecule has 3 heterocycles. The van der Waals surface area contributed by atoms with Crippen molar-refractivity contribution in [3.63, 3.8) is 0 Å². The van der Waals surface area contributed by atoms with Gasteiger partial charge in [-0.05, 0) is 30.0 Å². The van der Waals surface area contributed by atoms with Crippen LogP contribution in [0, 0.1) is 5.41 Å². The van der Waals surface area contributed by atoms with Crippen molar-refractivity contribution in [2.45, 2.75) is 32.2 Å². The first-order chi connectivity index (χ1) is 13.9. The summed E-state index contributed by atoms with van der Waals surface area (Å²) >= 11 is 0. The molecule has 0 saturated carbocycles. The highest BCUT2D eigenvalue weighted by Gasteiger charge is 2.59. The lowest BCUT2D eigenvalue weighted by Crippen LogP contribution is -2.51. The fraction of sp³-hybridized carbons (Fsp3) is 0.261. The van der Waals surface area contributed by atoms with Crippen LogP contribution in [-0.2, 0) is 15.1 Å². The topological polar surface area (TPSA) is 76.0 Å². The third-order valence-electron chi connectivity index (χ3n) is 6.29. The smallest absolute Gasteiger partial charge is 0.260 e. The van der Waals surface area contributed by atoms with Crippen molar-refractivity contribution in [3.05, 3.63) is 65.4 Å². The van der Waals surface area contributed by atoms with Crippen LogP contribution in [0.4, 0.5) is 11.6 Å². The highest BCUT2D eigenvalue weighted by atomic mass is 16.2. The van der Waals surface area contributed by atoms with Crippen molar-refractivity contribution in [2.24, 2.45) is 5.41 Å². The van der Waals surface area contributed by atoms with Gasteiger partial charge in [0.15, 0.2) is 11.3 Å². The number of nitrogens with one attached hydrogen (secondary N) is 2. The van der Waals surface area contributed by atoms with E-state index >= 15 is 0 Å². The highest BCUT2D eigenvalue weighted by molar-refractivity contribution is 6.17. The summed E-state index contributed by atoms with van der Waals surface area (Å²) in [4.78, 5) is 32.0. The number of rotatable bonds is 0. The lowest BCUT2D eigenvalue weighted by Gasteiger charge is -2.43. The first-order valence-corrected chi connectivity index (χ1v) is 9.85. The minimum atomic E-state index is -1.24. The predicted molar refractivity (Wildman–Crippen MR) is 111 cm³/mol. The van der Waals surface area contributed by atoms with E-state index in [-0.39, 0.29) is 17.1 Å². The number of nitrogens with zero attached hydrogens (tertiary/aromatic N) is 2. The number of para-hydroxylation sites is 3. The SMILES string of the molecule is CC1(C)CC(=O)C2=C(C1)Nc1nc3ccccc3n1[C@]21C(=O)Nc2ccccc21. The summed E-state index contributed by atoms with van der Waals surface area (Å²) in [7, 11) is 0. The fourth-order valence-electron chi connectivity index (χ4n) is 5.26. The molecule has 3 aliphatic rings. The van der Waals surface area contributed by atoms with Gasteiger partial charge in [0.2, 0.25) is 5.95 Å². The Morgan fingerprint density at radius 1 is 0.966 bits per heavy atom. The number of carbonyl (C=O) groups is 2. The molecule has 6 nitrogen and oxygen atoms in total. The van der Waals surface area contributed by atoms with Gasteiger partial charge in [-0.3, -0.25) is 14.2 Å². The Balaban J connectivity index is 1.78. The van der Waals surface area contributed by atoms with Gasteiger partial charge in [-0.15, -0.1) is 0 Å². The van der Waals surface area contributed by atoms with Crippen molar-refractivity contribution in [2.75, 3.05) is 10.6 Å². The Morgan fingerprint density at radius 2 is 1.72 bits per heavy atom. The summed E-state index contributed by atoms with van der Waals surface area (Å²) in [5.74, 6) is 0.409. The van der Waals surface area contributed by atoms with Crippen LogP contribution in [0.3, 0.4) is 0 Å². The zero-order chi connectivity index (χ0) is 20.0. The van der Waals surface area contributed by atoms with E-state index in [2.05, 4.69) is 24.5 Å². The molecule has 144 valence electrons. The van der Waals surface area contributed by atoms with Gasteiger partial charge in [0.1, 0.15) is 0 Å². The first kappa shape index (κ1) is 16.5. The summed E-state index contributed by atoms with van der Waals surface area (Å²) in [6, 6.07) is 15.4. The van der Waals surface area contributed by atoms with E-state index in [0.717, 1.165) is 28.0 Å². The minimum Gasteiger partial charge on any atom is -0.329 e. The van der Waals surface area contributed by atoms with Crippen LogP contribution in [-0.4, -0.2) is 21.2 Å². The van der Waals surface area contributed by atoms with E-state index in [9.17, 15) is 9.59 Å². The number of hydrogen-bond donors (Lipinski definition) is 2. The molecule has 1 aromatic heterocycles. The van der Waals surface area contributed by atoms with Crippen molar-refractivity contribution in [1.82, 2.24) is 9.55 Å². The predicted octanol–water partition coefficient (Wildman–Crippen LogP) is 3.80. The fourth-order valence-corrected chi connectivity index (χ4v) is 5.26. The molecule has 2 aromatic carbocycles. The number of aromatic nitrogens is 2. The number of Topliss-reactive ketones (excluding diaryl/α,β-unsaturated/α-hetero) is 1. The Labute approximate surface area is 167 Å². The number of fused-ring (bicyclic) bond motifs is 7. The summed E-state index contributed by atoms with van der Waals surface area (Å²) in [5.41, 5.74) is 3.10. The maximum Gasteiger partial charge on any atom is 0.260 e. The Hall–Kier alpha value is -3.41. The van der Waals surface area contributed by atoms with Crippen molar-refractivity contribution in [3.8, 4) is 0 Å². The van der Waals surface area contributed by atoms with Gasteiger partial charge in [-0.2, -0.15) is 0 Å². The van der Waals surface area contributed by atoms with Gasteiger partial charge < -0.3 is 10.6 Å². The molecule has 1 amide bonds. The highest BCUT2D eigenvalue weighted by Crippen LogP contribution is 2.54. The summed E-state index contributed by atoms with van der Waals surface area (Å²) in [5, 5.41) is 6.43. The van der Waals surface area contributed by atoms with Crippen molar-refractivity contribution < 1.29 is 9.59 Å². The van der Waals surface area contributed by atoms with Gasteiger partial charge in [-0.1, -0.05) is 44.2 Å².